The number of nitrogens with two attached hydrogens (primary N) is 1. The molecule has 2 N–H and O–H groups in total. The molecular formula is C13H20BrN3O. The van der Waals surface area contributed by atoms with E-state index in [2.05, 4.69) is 27.0 Å². The van der Waals surface area contributed by atoms with E-state index in [1.54, 1.807) is 0 Å². The third-order valence-electron chi connectivity index (χ3n) is 3.31. The number of halogens is 1. The summed E-state index contributed by atoms with van der Waals surface area (Å²) < 4.78 is 6.32. The molecule has 5 heteroatoms. The van der Waals surface area contributed by atoms with Crippen LogP contribution in [0.2, 0.25) is 0 Å². The van der Waals surface area contributed by atoms with Gasteiger partial charge in [-0.1, -0.05) is 12.8 Å². The lowest BCUT2D eigenvalue weighted by atomic mass is 10.0. The molecule has 1 atom stereocenters. The Hall–Kier alpha value is -0.650. The van der Waals surface area contributed by atoms with Gasteiger partial charge in [-0.25, -0.2) is 9.99 Å². The summed E-state index contributed by atoms with van der Waals surface area (Å²) in [4.78, 5) is 4.35. The lowest BCUT2D eigenvalue weighted by molar-refractivity contribution is 0.205. The minimum absolute atomic E-state index is 0.257. The topological polar surface area (TPSA) is 51.4 Å². The molecule has 0 aromatic carbocycles. The first-order valence-electron chi connectivity index (χ1n) is 6.52. The number of pyridine rings is 1. The zero-order chi connectivity index (χ0) is 13.0. The fourth-order valence-corrected chi connectivity index (χ4v) is 2.70. The maximum atomic E-state index is 6.13. The predicted molar refractivity (Wildman–Crippen MR) is 75.2 cm³/mol. The van der Waals surface area contributed by atoms with Crippen LogP contribution in [-0.2, 0) is 0 Å². The van der Waals surface area contributed by atoms with Crippen LogP contribution in [0, 0.1) is 0 Å². The van der Waals surface area contributed by atoms with Gasteiger partial charge in [0, 0.05) is 12.7 Å². The molecule has 0 spiro atoms. The molecule has 2 heterocycles. The number of rotatable bonds is 3. The van der Waals surface area contributed by atoms with Crippen LogP contribution in [-0.4, -0.2) is 23.1 Å². The normalized spacial score (nSPS) is 21.6. The van der Waals surface area contributed by atoms with Gasteiger partial charge in [0.25, 0.3) is 0 Å². The Morgan fingerprint density at radius 1 is 1.50 bits per heavy atom. The average molecular weight is 314 g/mol. The monoisotopic (exact) mass is 313 g/mol. The fraction of sp³-hybridized carbons (Fsp3) is 0.615. The van der Waals surface area contributed by atoms with Crippen molar-refractivity contribution in [1.29, 1.82) is 0 Å². The van der Waals surface area contributed by atoms with E-state index in [4.69, 9.17) is 10.6 Å². The first-order valence-corrected chi connectivity index (χ1v) is 7.31. The van der Waals surface area contributed by atoms with Crippen molar-refractivity contribution in [1.82, 2.24) is 9.99 Å². The van der Waals surface area contributed by atoms with Crippen molar-refractivity contribution in [2.75, 3.05) is 13.2 Å². The largest absolute Gasteiger partial charge is 0.491 e. The summed E-state index contributed by atoms with van der Waals surface area (Å²) in [7, 11) is 0. The Labute approximate surface area is 117 Å². The van der Waals surface area contributed by atoms with Crippen LogP contribution >= 0.6 is 15.9 Å². The van der Waals surface area contributed by atoms with Crippen LogP contribution in [0.15, 0.2) is 16.9 Å². The number of aromatic nitrogens is 1. The highest BCUT2D eigenvalue weighted by molar-refractivity contribution is 9.10. The van der Waals surface area contributed by atoms with E-state index in [0.29, 0.717) is 6.61 Å². The Kier molecular flexibility index (Phi) is 4.97. The van der Waals surface area contributed by atoms with E-state index in [1.807, 2.05) is 18.1 Å². The second-order valence-corrected chi connectivity index (χ2v) is 5.34. The molecule has 0 bridgehead atoms. The highest BCUT2D eigenvalue weighted by Crippen LogP contribution is 2.32. The van der Waals surface area contributed by atoms with Gasteiger partial charge in [0.2, 0.25) is 0 Å². The van der Waals surface area contributed by atoms with E-state index in [0.717, 1.165) is 28.9 Å². The highest BCUT2D eigenvalue weighted by Gasteiger charge is 2.21. The van der Waals surface area contributed by atoms with Crippen molar-refractivity contribution in [3.63, 3.8) is 0 Å². The van der Waals surface area contributed by atoms with Crippen LogP contribution in [0.25, 0.3) is 0 Å². The Bertz CT molecular complexity index is 400. The third-order valence-corrected chi connectivity index (χ3v) is 3.90. The second kappa shape index (κ2) is 6.50. The Morgan fingerprint density at radius 2 is 2.33 bits per heavy atom. The maximum absolute atomic E-state index is 6.13. The maximum Gasteiger partial charge on any atom is 0.152 e. The van der Waals surface area contributed by atoms with E-state index >= 15 is 0 Å². The lowest BCUT2D eigenvalue weighted by Gasteiger charge is -2.25. The first kappa shape index (κ1) is 13.8. The molecule has 0 radical (unpaired) electrons. The van der Waals surface area contributed by atoms with Gasteiger partial charge < -0.3 is 4.74 Å². The lowest BCUT2D eigenvalue weighted by Crippen LogP contribution is -2.35. The number of hydrogen-bond donors (Lipinski definition) is 1. The van der Waals surface area contributed by atoms with Crippen LogP contribution in [0.3, 0.4) is 0 Å². The molecular weight excluding hydrogens is 294 g/mol. The van der Waals surface area contributed by atoms with Crippen LogP contribution in [0.5, 0.6) is 5.75 Å². The summed E-state index contributed by atoms with van der Waals surface area (Å²) in [6, 6.07) is 2.31. The molecule has 4 nitrogen and oxygen atoms in total. The van der Waals surface area contributed by atoms with Crippen LogP contribution < -0.4 is 10.6 Å². The minimum atomic E-state index is 0.257. The molecule has 1 fully saturated rings. The van der Waals surface area contributed by atoms with Gasteiger partial charge in [0.15, 0.2) is 5.75 Å². The molecule has 18 heavy (non-hydrogen) atoms. The van der Waals surface area contributed by atoms with Crippen molar-refractivity contribution >= 4 is 15.9 Å². The number of ether oxygens (including phenoxy) is 1. The molecule has 1 aliphatic heterocycles. The van der Waals surface area contributed by atoms with Gasteiger partial charge in [0.05, 0.1) is 12.6 Å². The van der Waals surface area contributed by atoms with Gasteiger partial charge in [-0.15, -0.1) is 0 Å². The standard InChI is InChI=1S/C13H20BrN3O/c1-2-18-12-8-10(9-16-13(12)14)11-6-4-3-5-7-17(11)15/h8-9,11H,2-7,15H2,1H3/t11-/m1/s1. The summed E-state index contributed by atoms with van der Waals surface area (Å²) >= 11 is 3.41. The minimum Gasteiger partial charge on any atom is -0.491 e. The van der Waals surface area contributed by atoms with Crippen molar-refractivity contribution in [2.45, 2.75) is 38.6 Å². The molecule has 0 saturated carbocycles. The Balaban J connectivity index is 2.23. The summed E-state index contributed by atoms with van der Waals surface area (Å²) in [6.07, 6.45) is 6.63. The third kappa shape index (κ3) is 3.22. The smallest absolute Gasteiger partial charge is 0.152 e. The fourth-order valence-electron chi connectivity index (χ4n) is 2.37. The van der Waals surface area contributed by atoms with Crippen LogP contribution in [0.4, 0.5) is 0 Å². The number of hydrogen-bond acceptors (Lipinski definition) is 4. The molecule has 1 aromatic rings. The number of nitrogens with zero attached hydrogens (tertiary/aromatic N) is 2. The predicted octanol–water partition coefficient (Wildman–Crippen LogP) is 3.03. The SMILES string of the molecule is CCOc1cc([C@H]2CCCCCN2N)cnc1Br. The summed E-state index contributed by atoms with van der Waals surface area (Å²) in [5, 5.41) is 1.94. The van der Waals surface area contributed by atoms with E-state index in [1.165, 1.54) is 19.3 Å². The summed E-state index contributed by atoms with van der Waals surface area (Å²) in [6.45, 7) is 3.56. The van der Waals surface area contributed by atoms with Gasteiger partial charge >= 0.3 is 0 Å². The van der Waals surface area contributed by atoms with Crippen molar-refractivity contribution in [2.24, 2.45) is 5.84 Å². The summed E-state index contributed by atoms with van der Waals surface area (Å²) in [5.41, 5.74) is 1.14. The second-order valence-electron chi connectivity index (χ2n) is 4.59. The average Bonchev–Trinajstić information content (AvgIpc) is 2.57. The molecule has 0 unspecified atom stereocenters. The van der Waals surface area contributed by atoms with Crippen molar-refractivity contribution < 1.29 is 4.74 Å². The Morgan fingerprint density at radius 3 is 3.11 bits per heavy atom. The summed E-state index contributed by atoms with van der Waals surface area (Å²) in [5.74, 6) is 6.92. The first-order chi connectivity index (χ1) is 8.72. The van der Waals surface area contributed by atoms with E-state index in [9.17, 15) is 0 Å². The molecule has 1 aromatic heterocycles. The van der Waals surface area contributed by atoms with E-state index < -0.39 is 0 Å². The van der Waals surface area contributed by atoms with Gasteiger partial charge in [-0.3, -0.25) is 5.84 Å². The molecule has 0 amide bonds. The van der Waals surface area contributed by atoms with Gasteiger partial charge in [0.1, 0.15) is 4.60 Å². The van der Waals surface area contributed by atoms with Gasteiger partial charge in [-0.2, -0.15) is 0 Å². The van der Waals surface area contributed by atoms with E-state index in [-0.39, 0.29) is 6.04 Å². The zero-order valence-electron chi connectivity index (χ0n) is 10.7. The van der Waals surface area contributed by atoms with Gasteiger partial charge in [-0.05, 0) is 47.3 Å². The van der Waals surface area contributed by atoms with Crippen molar-refractivity contribution in [3.8, 4) is 5.75 Å². The van der Waals surface area contributed by atoms with Crippen LogP contribution in [0.1, 0.15) is 44.2 Å². The number of hydrazine groups is 1. The molecule has 100 valence electrons. The molecule has 1 saturated heterocycles. The zero-order valence-corrected chi connectivity index (χ0v) is 12.3. The quantitative estimate of drug-likeness (QED) is 0.688. The molecule has 2 rings (SSSR count). The molecule has 1 aliphatic rings. The highest BCUT2D eigenvalue weighted by atomic mass is 79.9. The molecule has 0 aliphatic carbocycles. The van der Waals surface area contributed by atoms with Crippen molar-refractivity contribution in [3.05, 3.63) is 22.4 Å².